The summed E-state index contributed by atoms with van der Waals surface area (Å²) >= 11 is 1.21. The molecule has 0 fully saturated rings. The fourth-order valence-corrected chi connectivity index (χ4v) is 3.45. The summed E-state index contributed by atoms with van der Waals surface area (Å²) in [6.45, 7) is 9.76. The summed E-state index contributed by atoms with van der Waals surface area (Å²) < 4.78 is 5.47. The standard InChI is InChI=1S/C19H35N3O3S/c1-5-7-15(8-6-2)9-10-20-18(24)17-12-22-19(26-17)25-13-16(23)11-21-14(3)4/h12,14-16,21,23H,5-11,13H2,1-4H3,(H,20,24). The second kappa shape index (κ2) is 13.1. The molecule has 0 aliphatic heterocycles. The zero-order valence-corrected chi connectivity index (χ0v) is 17.4. The van der Waals surface area contributed by atoms with Gasteiger partial charge in [0.2, 0.25) is 0 Å². The second-order valence-electron chi connectivity index (χ2n) is 7.01. The normalized spacial score (nSPS) is 12.6. The third-order valence-electron chi connectivity index (χ3n) is 4.10. The number of aliphatic hydroxyl groups is 1. The SMILES string of the molecule is CCCC(CCC)CCNC(=O)c1cnc(OCC(O)CNC(C)C)s1. The smallest absolute Gasteiger partial charge is 0.273 e. The molecule has 0 bridgehead atoms. The predicted molar refractivity (Wildman–Crippen MR) is 107 cm³/mol. The third kappa shape index (κ3) is 9.50. The van der Waals surface area contributed by atoms with E-state index in [2.05, 4.69) is 29.5 Å². The molecule has 0 aliphatic carbocycles. The van der Waals surface area contributed by atoms with Crippen LogP contribution in [0.4, 0.5) is 0 Å². The van der Waals surface area contributed by atoms with Gasteiger partial charge in [0, 0.05) is 19.1 Å². The minimum Gasteiger partial charge on any atom is -0.467 e. The molecule has 0 aliphatic rings. The molecule has 1 amide bonds. The molecule has 1 aromatic heterocycles. The number of carbonyl (C=O) groups excluding carboxylic acids is 1. The van der Waals surface area contributed by atoms with Crippen molar-refractivity contribution in [2.75, 3.05) is 19.7 Å². The maximum atomic E-state index is 12.2. The first-order valence-electron chi connectivity index (χ1n) is 9.74. The van der Waals surface area contributed by atoms with Crippen LogP contribution in [0.1, 0.15) is 69.5 Å². The molecular formula is C19H35N3O3S. The Kier molecular flexibility index (Phi) is 11.5. The van der Waals surface area contributed by atoms with Gasteiger partial charge in [0.1, 0.15) is 17.6 Å². The van der Waals surface area contributed by atoms with E-state index in [1.165, 1.54) is 43.2 Å². The van der Waals surface area contributed by atoms with Gasteiger partial charge in [-0.3, -0.25) is 4.79 Å². The lowest BCUT2D eigenvalue weighted by Crippen LogP contribution is -2.35. The van der Waals surface area contributed by atoms with E-state index in [-0.39, 0.29) is 12.5 Å². The van der Waals surface area contributed by atoms with Crippen LogP contribution in [0, 0.1) is 5.92 Å². The fourth-order valence-electron chi connectivity index (χ4n) is 2.75. The monoisotopic (exact) mass is 385 g/mol. The van der Waals surface area contributed by atoms with Crippen LogP contribution in [0.25, 0.3) is 0 Å². The van der Waals surface area contributed by atoms with Crippen LogP contribution >= 0.6 is 11.3 Å². The zero-order valence-electron chi connectivity index (χ0n) is 16.6. The maximum Gasteiger partial charge on any atom is 0.273 e. The molecule has 1 rings (SSSR count). The minimum absolute atomic E-state index is 0.105. The highest BCUT2D eigenvalue weighted by Gasteiger charge is 2.14. The van der Waals surface area contributed by atoms with Crippen molar-refractivity contribution in [1.82, 2.24) is 15.6 Å². The van der Waals surface area contributed by atoms with Crippen molar-refractivity contribution in [2.24, 2.45) is 5.92 Å². The molecule has 1 aromatic rings. The number of aliphatic hydroxyl groups excluding tert-OH is 1. The Labute approximate surface area is 161 Å². The molecule has 1 unspecified atom stereocenters. The van der Waals surface area contributed by atoms with Crippen molar-refractivity contribution in [3.8, 4) is 5.19 Å². The first-order valence-corrected chi connectivity index (χ1v) is 10.6. The quantitative estimate of drug-likeness (QED) is 0.458. The summed E-state index contributed by atoms with van der Waals surface area (Å²) in [4.78, 5) is 16.9. The number of hydrogen-bond donors (Lipinski definition) is 3. The molecule has 0 aromatic carbocycles. The Morgan fingerprint density at radius 2 is 1.96 bits per heavy atom. The summed E-state index contributed by atoms with van der Waals surface area (Å²) in [7, 11) is 0. The third-order valence-corrected chi connectivity index (χ3v) is 5.01. The molecule has 0 saturated heterocycles. The zero-order chi connectivity index (χ0) is 19.4. The van der Waals surface area contributed by atoms with Crippen LogP contribution in [-0.2, 0) is 0 Å². The van der Waals surface area contributed by atoms with Crippen molar-refractivity contribution in [1.29, 1.82) is 0 Å². The number of nitrogens with zero attached hydrogens (tertiary/aromatic N) is 1. The van der Waals surface area contributed by atoms with Crippen molar-refractivity contribution < 1.29 is 14.6 Å². The number of rotatable bonds is 14. The highest BCUT2D eigenvalue weighted by molar-refractivity contribution is 7.15. The van der Waals surface area contributed by atoms with Gasteiger partial charge in [-0.15, -0.1) is 0 Å². The molecule has 26 heavy (non-hydrogen) atoms. The van der Waals surface area contributed by atoms with E-state index in [9.17, 15) is 9.90 Å². The Bertz CT molecular complexity index is 502. The summed E-state index contributed by atoms with van der Waals surface area (Å²) in [5.41, 5.74) is 0. The molecule has 6 nitrogen and oxygen atoms in total. The van der Waals surface area contributed by atoms with E-state index in [0.29, 0.717) is 35.1 Å². The predicted octanol–water partition coefficient (Wildman–Crippen LogP) is 3.22. The largest absolute Gasteiger partial charge is 0.467 e. The van der Waals surface area contributed by atoms with Crippen molar-refractivity contribution in [3.05, 3.63) is 11.1 Å². The Morgan fingerprint density at radius 1 is 1.27 bits per heavy atom. The topological polar surface area (TPSA) is 83.5 Å². The maximum absolute atomic E-state index is 12.2. The van der Waals surface area contributed by atoms with E-state index in [1.54, 1.807) is 0 Å². The van der Waals surface area contributed by atoms with Gasteiger partial charge in [0.25, 0.3) is 11.1 Å². The average Bonchev–Trinajstić information content (AvgIpc) is 3.07. The number of carbonyl (C=O) groups is 1. The molecule has 7 heteroatoms. The lowest BCUT2D eigenvalue weighted by Gasteiger charge is -2.15. The number of ether oxygens (including phenoxy) is 1. The van der Waals surface area contributed by atoms with Crippen LogP contribution in [0.3, 0.4) is 0 Å². The highest BCUT2D eigenvalue weighted by Crippen LogP contribution is 2.21. The lowest BCUT2D eigenvalue weighted by atomic mass is 9.95. The summed E-state index contributed by atoms with van der Waals surface area (Å²) in [6, 6.07) is 0.314. The number of nitrogens with one attached hydrogen (secondary N) is 2. The van der Waals surface area contributed by atoms with E-state index in [1.807, 2.05) is 13.8 Å². The lowest BCUT2D eigenvalue weighted by molar-refractivity contribution is 0.0954. The van der Waals surface area contributed by atoms with Crippen LogP contribution in [0.15, 0.2) is 6.20 Å². The summed E-state index contributed by atoms with van der Waals surface area (Å²) in [5.74, 6) is 0.581. The molecule has 0 radical (unpaired) electrons. The fraction of sp³-hybridized carbons (Fsp3) is 0.789. The van der Waals surface area contributed by atoms with E-state index >= 15 is 0 Å². The van der Waals surface area contributed by atoms with Gasteiger partial charge in [-0.2, -0.15) is 0 Å². The Hall–Kier alpha value is -1.18. The second-order valence-corrected chi connectivity index (χ2v) is 8.00. The van der Waals surface area contributed by atoms with Crippen LogP contribution in [0.5, 0.6) is 5.19 Å². The van der Waals surface area contributed by atoms with E-state index in [4.69, 9.17) is 4.74 Å². The number of hydrogen-bond acceptors (Lipinski definition) is 6. The molecule has 0 saturated carbocycles. The van der Waals surface area contributed by atoms with Gasteiger partial charge in [-0.25, -0.2) is 4.98 Å². The number of amides is 1. The summed E-state index contributed by atoms with van der Waals surface area (Å²) in [6.07, 6.45) is 6.76. The molecule has 0 spiro atoms. The van der Waals surface area contributed by atoms with Crippen molar-refractivity contribution in [3.63, 3.8) is 0 Å². The van der Waals surface area contributed by atoms with Crippen LogP contribution < -0.4 is 15.4 Å². The van der Waals surface area contributed by atoms with E-state index < -0.39 is 6.10 Å². The summed E-state index contributed by atoms with van der Waals surface area (Å²) in [5, 5.41) is 16.4. The van der Waals surface area contributed by atoms with Gasteiger partial charge in [-0.1, -0.05) is 64.7 Å². The first kappa shape index (κ1) is 22.9. The van der Waals surface area contributed by atoms with Gasteiger partial charge in [-0.05, 0) is 12.3 Å². The molecular weight excluding hydrogens is 350 g/mol. The molecule has 1 atom stereocenters. The molecule has 1 heterocycles. The average molecular weight is 386 g/mol. The number of thiazole rings is 1. The van der Waals surface area contributed by atoms with Gasteiger partial charge < -0.3 is 20.5 Å². The molecule has 150 valence electrons. The number of aromatic nitrogens is 1. The Morgan fingerprint density at radius 3 is 2.58 bits per heavy atom. The van der Waals surface area contributed by atoms with Gasteiger partial charge >= 0.3 is 0 Å². The first-order chi connectivity index (χ1) is 12.5. The van der Waals surface area contributed by atoms with Crippen molar-refractivity contribution in [2.45, 2.75) is 71.9 Å². The molecule has 3 N–H and O–H groups in total. The van der Waals surface area contributed by atoms with Crippen LogP contribution in [0.2, 0.25) is 0 Å². The Balaban J connectivity index is 2.33. The van der Waals surface area contributed by atoms with E-state index in [0.717, 1.165) is 6.42 Å². The minimum atomic E-state index is -0.604. The van der Waals surface area contributed by atoms with Crippen LogP contribution in [-0.4, -0.2) is 47.8 Å². The van der Waals surface area contributed by atoms with Gasteiger partial charge in [0.15, 0.2) is 0 Å². The van der Waals surface area contributed by atoms with Crippen molar-refractivity contribution >= 4 is 17.2 Å². The van der Waals surface area contributed by atoms with Gasteiger partial charge in [0.05, 0.1) is 6.20 Å². The highest BCUT2D eigenvalue weighted by atomic mass is 32.1.